The number of phosphoric acid groups is 1. The molecule has 0 atom stereocenters. The predicted octanol–water partition coefficient (Wildman–Crippen LogP) is 2.32. The molecule has 0 aromatic heterocycles. The molecule has 0 aliphatic carbocycles. The van der Waals surface area contributed by atoms with Crippen LogP contribution in [0.2, 0.25) is 0 Å². The number of carbonyl (C=O) groups excluding carboxylic acids is 1. The maximum absolute atomic E-state index is 12.2. The number of anilines is 1. The van der Waals surface area contributed by atoms with E-state index >= 15 is 0 Å². The molecule has 13 heteroatoms. The van der Waals surface area contributed by atoms with Crippen LogP contribution in [0.3, 0.4) is 0 Å². The van der Waals surface area contributed by atoms with E-state index < -0.39 is 7.82 Å². The molecule has 0 heterocycles. The van der Waals surface area contributed by atoms with Gasteiger partial charge < -0.3 is 28.4 Å². The fourth-order valence-corrected chi connectivity index (χ4v) is 2.80. The zero-order valence-corrected chi connectivity index (χ0v) is 24.6. The molecule has 0 aliphatic rings. The van der Waals surface area contributed by atoms with E-state index in [0.717, 1.165) is 10.2 Å². The van der Waals surface area contributed by atoms with E-state index in [-0.39, 0.29) is 44.9 Å². The van der Waals surface area contributed by atoms with Crippen LogP contribution in [-0.2, 0) is 43.5 Å². The van der Waals surface area contributed by atoms with Crippen LogP contribution in [0, 0.1) is 0 Å². The third kappa shape index (κ3) is 10.7. The maximum atomic E-state index is 12.2. The van der Waals surface area contributed by atoms with Crippen LogP contribution in [0.15, 0.2) is 51.4 Å². The minimum atomic E-state index is -5.39. The second-order valence-corrected chi connectivity index (χ2v) is 6.95. The first-order valence-corrected chi connectivity index (χ1v) is 9.69. The third-order valence-corrected chi connectivity index (χ3v) is 4.71. The van der Waals surface area contributed by atoms with Gasteiger partial charge in [-0.15, -0.1) is 0 Å². The van der Waals surface area contributed by atoms with Gasteiger partial charge in [-0.3, -0.25) is 4.79 Å². The number of rotatable bonds is 3. The zero-order chi connectivity index (χ0) is 18.3. The van der Waals surface area contributed by atoms with Crippen molar-refractivity contribution in [3.8, 4) is 5.75 Å². The monoisotopic (exact) mass is 670 g/mol. The van der Waals surface area contributed by atoms with Crippen molar-refractivity contribution in [2.75, 3.05) is 5.32 Å². The van der Waals surface area contributed by atoms with Crippen molar-refractivity contribution in [3.63, 3.8) is 0 Å². The quantitative estimate of drug-likeness (QED) is 0.394. The van der Waals surface area contributed by atoms with Gasteiger partial charge in [0.1, 0.15) is 0 Å². The number of nitrogens with one attached hydrogen (secondary N) is 1. The first-order chi connectivity index (χ1) is 11.1. The van der Waals surface area contributed by atoms with Crippen LogP contribution in [0.1, 0.15) is 10.4 Å². The van der Waals surface area contributed by atoms with Gasteiger partial charge in [0.2, 0.25) is 0 Å². The molecular formula is C13H8Br3NO6PZn2+. The summed E-state index contributed by atoms with van der Waals surface area (Å²) < 4.78 is 15.1. The zero-order valence-electron chi connectivity index (χ0n) is 13.0. The molecular weight excluding hydrogens is 668 g/mol. The molecule has 0 unspecified atom stereocenters. The molecule has 0 spiro atoms. The van der Waals surface area contributed by atoms with E-state index in [1.165, 1.54) is 0 Å². The van der Waals surface area contributed by atoms with Gasteiger partial charge in [0.15, 0.2) is 22.0 Å². The normalized spacial score (nSPS) is 9.62. The maximum Gasteiger partial charge on any atom is 2.00 e. The SMILES string of the molecule is O=C(Nc1ccccc1)c1ccc(Br)c(Br)c1OBr.O=P([O-])([O-])[O-].[Zn+2].[Zn+2]. The molecule has 1 amide bonds. The number of hydrogen-bond donors (Lipinski definition) is 1. The van der Waals surface area contributed by atoms with Crippen LogP contribution in [0.5, 0.6) is 5.75 Å². The Balaban J connectivity index is 0. The molecule has 0 aliphatic heterocycles. The number of hydrogen-bond acceptors (Lipinski definition) is 6. The van der Waals surface area contributed by atoms with E-state index in [1.54, 1.807) is 12.1 Å². The van der Waals surface area contributed by atoms with Gasteiger partial charge in [0.25, 0.3) is 5.91 Å². The van der Waals surface area contributed by atoms with Crippen molar-refractivity contribution in [2.24, 2.45) is 0 Å². The van der Waals surface area contributed by atoms with Gasteiger partial charge in [-0.1, -0.05) is 18.2 Å². The third-order valence-electron chi connectivity index (χ3n) is 2.40. The minimum absolute atomic E-state index is 0. The fraction of sp³-hybridized carbons (Fsp3) is 0. The summed E-state index contributed by atoms with van der Waals surface area (Å²) in [5.41, 5.74) is 1.16. The van der Waals surface area contributed by atoms with Gasteiger partial charge in [0.05, 0.1) is 10.0 Å². The number of carbonyl (C=O) groups is 1. The molecule has 0 saturated carbocycles. The summed E-state index contributed by atoms with van der Waals surface area (Å²) in [7, 11) is -5.39. The number of benzene rings is 2. The Bertz CT molecular complexity index is 755. The van der Waals surface area contributed by atoms with Crippen molar-refractivity contribution in [2.45, 2.75) is 0 Å². The summed E-state index contributed by atoms with van der Waals surface area (Å²) in [5.74, 6) is 0.177. The van der Waals surface area contributed by atoms with Crippen LogP contribution in [0.4, 0.5) is 5.69 Å². The fourth-order valence-electron chi connectivity index (χ4n) is 1.51. The standard InChI is InChI=1S/C13H8Br3NO2.H3O4P.2Zn/c14-10-7-6-9(12(19-16)11(10)15)13(18)17-8-4-2-1-3-5-8;1-5(2,3)4;;/h1-7H,(H,17,18);(H3,1,2,3,4);;/q;;2*+2/p-3. The van der Waals surface area contributed by atoms with Gasteiger partial charge in [-0.25, -0.2) is 0 Å². The summed E-state index contributed by atoms with van der Waals surface area (Å²) in [4.78, 5) is 37.9. The molecule has 26 heavy (non-hydrogen) atoms. The van der Waals surface area contributed by atoms with Crippen LogP contribution in [0.25, 0.3) is 0 Å². The molecule has 0 radical (unpaired) electrons. The van der Waals surface area contributed by atoms with E-state index in [0.29, 0.717) is 15.8 Å². The second-order valence-electron chi connectivity index (χ2n) is 4.08. The Hall–Kier alpha value is 0.507. The van der Waals surface area contributed by atoms with E-state index in [4.69, 9.17) is 23.1 Å². The Morgan fingerprint density at radius 3 is 1.96 bits per heavy atom. The molecule has 1 N–H and O–H groups in total. The van der Waals surface area contributed by atoms with Crippen LogP contribution >= 0.6 is 55.9 Å². The van der Waals surface area contributed by atoms with Gasteiger partial charge in [0, 0.05) is 10.2 Å². The summed E-state index contributed by atoms with van der Waals surface area (Å²) >= 11 is 9.64. The van der Waals surface area contributed by atoms with Crippen molar-refractivity contribution >= 4 is 67.5 Å². The Morgan fingerprint density at radius 2 is 1.50 bits per heavy atom. The largest absolute Gasteiger partial charge is 2.00 e. The van der Waals surface area contributed by atoms with Crippen LogP contribution in [-0.4, -0.2) is 5.91 Å². The van der Waals surface area contributed by atoms with Crippen LogP contribution < -0.4 is 23.8 Å². The number of amides is 1. The summed E-state index contributed by atoms with van der Waals surface area (Å²) in [6.07, 6.45) is 0. The molecule has 2 rings (SSSR count). The van der Waals surface area contributed by atoms with Gasteiger partial charge in [-0.05, 0) is 56.1 Å². The molecule has 7 nitrogen and oxygen atoms in total. The topological polar surface area (TPSA) is 125 Å². The number of halogens is 3. The first kappa shape index (κ1) is 28.7. The summed E-state index contributed by atoms with van der Waals surface area (Å²) in [5, 5.41) is 2.80. The smallest absolute Gasteiger partial charge is 0.822 e. The Morgan fingerprint density at radius 1 is 1.00 bits per heavy atom. The minimum Gasteiger partial charge on any atom is -0.822 e. The molecule has 130 valence electrons. The number of para-hydroxylation sites is 1. The first-order valence-electron chi connectivity index (χ1n) is 5.99. The molecule has 0 fully saturated rings. The molecule has 0 saturated heterocycles. The van der Waals surface area contributed by atoms with E-state index in [2.05, 4.69) is 53.4 Å². The molecule has 2 aromatic carbocycles. The average molecular weight is 676 g/mol. The van der Waals surface area contributed by atoms with Gasteiger partial charge in [-0.2, -0.15) is 7.82 Å². The Labute approximate surface area is 200 Å². The van der Waals surface area contributed by atoms with E-state index in [9.17, 15) is 4.79 Å². The van der Waals surface area contributed by atoms with E-state index in [1.807, 2.05) is 30.3 Å². The van der Waals surface area contributed by atoms with Crippen molar-refractivity contribution < 1.29 is 66.8 Å². The predicted molar refractivity (Wildman–Crippen MR) is 93.4 cm³/mol. The molecule has 0 bridgehead atoms. The molecule has 2 aromatic rings. The van der Waals surface area contributed by atoms with Crippen molar-refractivity contribution in [3.05, 3.63) is 57.0 Å². The van der Waals surface area contributed by atoms with Gasteiger partial charge >= 0.3 is 39.0 Å². The second kappa shape index (κ2) is 13.6. The summed E-state index contributed by atoms with van der Waals surface area (Å²) in [6, 6.07) is 12.7. The van der Waals surface area contributed by atoms with Crippen molar-refractivity contribution in [1.82, 2.24) is 0 Å². The average Bonchev–Trinajstić information content (AvgIpc) is 2.49. The van der Waals surface area contributed by atoms with Crippen molar-refractivity contribution in [1.29, 1.82) is 0 Å². The Kier molecular flexibility index (Phi) is 15.1. The summed E-state index contributed by atoms with van der Waals surface area (Å²) in [6.45, 7) is 0.